The molecule has 0 saturated heterocycles. The number of carbonyl (C=O) groups is 1. The fourth-order valence-electron chi connectivity index (χ4n) is 1.66. The van der Waals surface area contributed by atoms with E-state index in [0.29, 0.717) is 21.2 Å². The Morgan fingerprint density at radius 1 is 0.941 bits per heavy atom. The lowest BCUT2D eigenvalue weighted by Gasteiger charge is -2.04. The number of benzene rings is 2. The lowest BCUT2D eigenvalue weighted by molar-refractivity contribution is 0.103. The van der Waals surface area contributed by atoms with Gasteiger partial charge in [-0.05, 0) is 42.8 Å². The third-order valence-electron chi connectivity index (χ3n) is 2.39. The highest BCUT2D eigenvalue weighted by molar-refractivity contribution is 6.32. The molecule has 0 unspecified atom stereocenters. The molecule has 0 fully saturated rings. The molecule has 0 heterocycles. The summed E-state index contributed by atoms with van der Waals surface area (Å²) in [5.74, 6) is -0.0712. The molecule has 17 heavy (non-hydrogen) atoms. The number of hydrogen-bond donors (Lipinski definition) is 0. The van der Waals surface area contributed by atoms with Gasteiger partial charge in [-0.15, -0.1) is 0 Å². The van der Waals surface area contributed by atoms with E-state index in [4.69, 9.17) is 23.2 Å². The van der Waals surface area contributed by atoms with Crippen LogP contribution in [-0.2, 0) is 0 Å². The largest absolute Gasteiger partial charge is 0.289 e. The first-order valence-corrected chi connectivity index (χ1v) is 5.89. The Kier molecular flexibility index (Phi) is 3.51. The predicted octanol–water partition coefficient (Wildman–Crippen LogP) is 4.53. The minimum atomic E-state index is -0.0712. The molecule has 0 atom stereocenters. The maximum absolute atomic E-state index is 12.2. The van der Waals surface area contributed by atoms with Crippen molar-refractivity contribution in [1.29, 1.82) is 0 Å². The molecule has 86 valence electrons. The summed E-state index contributed by atoms with van der Waals surface area (Å²) in [6.45, 7) is 1.90. The smallest absolute Gasteiger partial charge is 0.193 e. The van der Waals surface area contributed by atoms with E-state index in [1.54, 1.807) is 30.3 Å². The summed E-state index contributed by atoms with van der Waals surface area (Å²) in [6, 6.07) is 12.2. The number of halogens is 2. The number of hydrogen-bond acceptors (Lipinski definition) is 1. The Hall–Kier alpha value is -1.31. The fraction of sp³-hybridized carbons (Fsp3) is 0.0714. The number of aryl methyl sites for hydroxylation is 1. The molecular formula is C14H10Cl2O. The highest BCUT2D eigenvalue weighted by Gasteiger charge is 2.10. The van der Waals surface area contributed by atoms with Gasteiger partial charge in [-0.3, -0.25) is 4.79 Å². The van der Waals surface area contributed by atoms with Crippen LogP contribution in [0.1, 0.15) is 21.5 Å². The summed E-state index contributed by atoms with van der Waals surface area (Å²) in [7, 11) is 0. The monoisotopic (exact) mass is 264 g/mol. The van der Waals surface area contributed by atoms with E-state index in [1.165, 1.54) is 0 Å². The van der Waals surface area contributed by atoms with Gasteiger partial charge in [0, 0.05) is 21.2 Å². The van der Waals surface area contributed by atoms with Crippen LogP contribution in [0.5, 0.6) is 0 Å². The van der Waals surface area contributed by atoms with E-state index >= 15 is 0 Å². The second kappa shape index (κ2) is 4.91. The Morgan fingerprint density at radius 2 is 1.65 bits per heavy atom. The van der Waals surface area contributed by atoms with Crippen molar-refractivity contribution >= 4 is 29.0 Å². The zero-order valence-corrected chi connectivity index (χ0v) is 10.7. The molecule has 1 nitrogen and oxygen atoms in total. The van der Waals surface area contributed by atoms with Gasteiger partial charge >= 0.3 is 0 Å². The van der Waals surface area contributed by atoms with Gasteiger partial charge in [0.2, 0.25) is 0 Å². The van der Waals surface area contributed by atoms with E-state index < -0.39 is 0 Å². The lowest BCUT2D eigenvalue weighted by atomic mass is 10.0. The van der Waals surface area contributed by atoms with Crippen LogP contribution in [0, 0.1) is 6.92 Å². The average molecular weight is 265 g/mol. The van der Waals surface area contributed by atoms with Crippen molar-refractivity contribution < 1.29 is 4.79 Å². The van der Waals surface area contributed by atoms with Gasteiger partial charge in [0.15, 0.2) is 5.78 Å². The molecule has 2 aromatic carbocycles. The topological polar surface area (TPSA) is 17.1 Å². The molecule has 3 heteroatoms. The minimum Gasteiger partial charge on any atom is -0.289 e. The normalized spacial score (nSPS) is 10.3. The molecule has 0 amide bonds. The zero-order chi connectivity index (χ0) is 12.4. The van der Waals surface area contributed by atoms with Gasteiger partial charge in [-0.1, -0.05) is 35.3 Å². The quantitative estimate of drug-likeness (QED) is 0.729. The van der Waals surface area contributed by atoms with Crippen LogP contribution >= 0.6 is 23.2 Å². The molecule has 2 rings (SSSR count). The molecule has 0 radical (unpaired) electrons. The first kappa shape index (κ1) is 12.2. The van der Waals surface area contributed by atoms with Crippen LogP contribution in [-0.4, -0.2) is 5.78 Å². The first-order chi connectivity index (χ1) is 8.06. The molecule has 0 aliphatic carbocycles. The van der Waals surface area contributed by atoms with E-state index in [9.17, 15) is 4.79 Å². The second-order valence-electron chi connectivity index (χ2n) is 3.86. The van der Waals surface area contributed by atoms with E-state index in [2.05, 4.69) is 0 Å². The summed E-state index contributed by atoms with van der Waals surface area (Å²) in [5.41, 5.74) is 2.11. The Bertz CT molecular complexity index is 556. The Morgan fingerprint density at radius 3 is 2.29 bits per heavy atom. The van der Waals surface area contributed by atoms with Gasteiger partial charge in [-0.25, -0.2) is 0 Å². The highest BCUT2D eigenvalue weighted by atomic mass is 35.5. The van der Waals surface area contributed by atoms with Gasteiger partial charge in [0.05, 0.1) is 0 Å². The van der Waals surface area contributed by atoms with Gasteiger partial charge in [0.25, 0.3) is 0 Å². The third-order valence-corrected chi connectivity index (χ3v) is 2.84. The van der Waals surface area contributed by atoms with Crippen LogP contribution < -0.4 is 0 Å². The molecule has 0 saturated carbocycles. The SMILES string of the molecule is Cc1cc(Cl)cc(C(=O)c2cccc(Cl)c2)c1. The summed E-state index contributed by atoms with van der Waals surface area (Å²) in [6.07, 6.45) is 0. The molecule has 0 N–H and O–H groups in total. The summed E-state index contributed by atoms with van der Waals surface area (Å²) in [5, 5.41) is 1.12. The van der Waals surface area contributed by atoms with Crippen molar-refractivity contribution in [3.8, 4) is 0 Å². The van der Waals surface area contributed by atoms with Crippen LogP contribution in [0.4, 0.5) is 0 Å². The standard InChI is InChI=1S/C14H10Cl2O/c1-9-5-11(8-13(16)6-9)14(17)10-3-2-4-12(15)7-10/h2-8H,1H3. The van der Waals surface area contributed by atoms with Gasteiger partial charge in [0.1, 0.15) is 0 Å². The number of carbonyl (C=O) groups excluding carboxylic acids is 1. The van der Waals surface area contributed by atoms with E-state index in [1.807, 2.05) is 19.1 Å². The third kappa shape index (κ3) is 2.87. The van der Waals surface area contributed by atoms with Crippen molar-refractivity contribution in [3.63, 3.8) is 0 Å². The number of rotatable bonds is 2. The molecule has 0 aliphatic heterocycles. The van der Waals surface area contributed by atoms with E-state index in [0.717, 1.165) is 5.56 Å². The molecule has 0 aromatic heterocycles. The second-order valence-corrected chi connectivity index (χ2v) is 4.73. The first-order valence-electron chi connectivity index (χ1n) is 5.14. The molecule has 0 aliphatic rings. The van der Waals surface area contributed by atoms with Crippen molar-refractivity contribution in [2.45, 2.75) is 6.92 Å². The molecule has 2 aromatic rings. The summed E-state index contributed by atoms with van der Waals surface area (Å²) >= 11 is 11.8. The molecule has 0 spiro atoms. The van der Waals surface area contributed by atoms with Crippen molar-refractivity contribution in [2.75, 3.05) is 0 Å². The average Bonchev–Trinajstić information content (AvgIpc) is 2.26. The van der Waals surface area contributed by atoms with Crippen molar-refractivity contribution in [1.82, 2.24) is 0 Å². The van der Waals surface area contributed by atoms with Gasteiger partial charge in [-0.2, -0.15) is 0 Å². The number of ketones is 1. The summed E-state index contributed by atoms with van der Waals surface area (Å²) < 4.78 is 0. The van der Waals surface area contributed by atoms with Gasteiger partial charge < -0.3 is 0 Å². The molecule has 0 bridgehead atoms. The van der Waals surface area contributed by atoms with Crippen molar-refractivity contribution in [2.24, 2.45) is 0 Å². The van der Waals surface area contributed by atoms with Crippen LogP contribution in [0.15, 0.2) is 42.5 Å². The predicted molar refractivity (Wildman–Crippen MR) is 71.1 cm³/mol. The Labute approximate surface area is 110 Å². The molecular weight excluding hydrogens is 255 g/mol. The van der Waals surface area contributed by atoms with E-state index in [-0.39, 0.29) is 5.78 Å². The van der Waals surface area contributed by atoms with Crippen LogP contribution in [0.25, 0.3) is 0 Å². The highest BCUT2D eigenvalue weighted by Crippen LogP contribution is 2.19. The van der Waals surface area contributed by atoms with Crippen LogP contribution in [0.2, 0.25) is 10.0 Å². The fourth-order valence-corrected chi connectivity index (χ4v) is 2.14. The zero-order valence-electron chi connectivity index (χ0n) is 9.21. The van der Waals surface area contributed by atoms with Crippen molar-refractivity contribution in [3.05, 3.63) is 69.2 Å². The lowest BCUT2D eigenvalue weighted by Crippen LogP contribution is -2.01. The minimum absolute atomic E-state index is 0.0712. The Balaban J connectivity index is 2.43. The maximum Gasteiger partial charge on any atom is 0.193 e. The van der Waals surface area contributed by atoms with Crippen LogP contribution in [0.3, 0.4) is 0 Å². The maximum atomic E-state index is 12.2. The summed E-state index contributed by atoms with van der Waals surface area (Å²) in [4.78, 5) is 12.2.